The number of nitrogens with zero attached hydrogens (tertiary/aromatic N) is 3. The van der Waals surface area contributed by atoms with Crippen molar-refractivity contribution < 1.29 is 0 Å². The van der Waals surface area contributed by atoms with Crippen LogP contribution in [0, 0.1) is 0 Å². The molecule has 9 aromatic carbocycles. The molecule has 0 fully saturated rings. The number of hydrogen-bond donors (Lipinski definition) is 0. The molecule has 0 atom stereocenters. The third-order valence-corrected chi connectivity index (χ3v) is 11.3. The molecule has 11 rings (SSSR count). The van der Waals surface area contributed by atoms with Gasteiger partial charge in [-0.25, -0.2) is 0 Å². The second-order valence-corrected chi connectivity index (χ2v) is 14.6. The Kier molecular flexibility index (Phi) is 7.82. The molecule has 0 unspecified atom stereocenters. The minimum Gasteiger partial charge on any atom is -0.310 e. The van der Waals surface area contributed by atoms with E-state index in [-0.39, 0.29) is 0 Å². The van der Waals surface area contributed by atoms with Crippen molar-refractivity contribution in [2.24, 2.45) is 0 Å². The Bertz CT molecular complexity index is 3160. The summed E-state index contributed by atoms with van der Waals surface area (Å²) in [5.74, 6) is 0. The van der Waals surface area contributed by atoms with Crippen molar-refractivity contribution in [3.8, 4) is 33.6 Å². The van der Waals surface area contributed by atoms with Gasteiger partial charge in [-0.3, -0.25) is 0 Å². The second-order valence-electron chi connectivity index (χ2n) is 14.6. The van der Waals surface area contributed by atoms with E-state index in [0.717, 1.165) is 39.6 Å². The van der Waals surface area contributed by atoms with E-state index in [1.165, 1.54) is 54.7 Å². The Morgan fingerprint density at radius 3 is 1.33 bits per heavy atom. The number of para-hydroxylation sites is 5. The van der Waals surface area contributed by atoms with Crippen molar-refractivity contribution in [1.82, 2.24) is 9.13 Å². The Labute approximate surface area is 331 Å². The van der Waals surface area contributed by atoms with Crippen molar-refractivity contribution >= 4 is 60.7 Å². The standard InChI is InChI=1S/C54H37N3/c1-4-16-38(17-5-1)39-28-31-44(32-29-39)55(42-18-6-2-7-19-42)45-34-41(35-46(37-45)57-51-25-13-10-22-47(51)48-23-11-14-26-52(48)57)40-30-33-54-50(36-40)49-24-12-15-27-53(49)56(54)43-20-8-3-9-21-43/h1-37H. The van der Waals surface area contributed by atoms with Crippen LogP contribution in [0.2, 0.25) is 0 Å². The Morgan fingerprint density at radius 1 is 0.246 bits per heavy atom. The summed E-state index contributed by atoms with van der Waals surface area (Å²) in [7, 11) is 0. The van der Waals surface area contributed by atoms with Crippen molar-refractivity contribution in [3.63, 3.8) is 0 Å². The third-order valence-electron chi connectivity index (χ3n) is 11.3. The summed E-state index contributed by atoms with van der Waals surface area (Å²) >= 11 is 0. The molecule has 2 aromatic heterocycles. The molecule has 0 saturated carbocycles. The number of rotatable bonds is 7. The van der Waals surface area contributed by atoms with Gasteiger partial charge in [-0.2, -0.15) is 0 Å². The van der Waals surface area contributed by atoms with E-state index in [2.05, 4.69) is 238 Å². The van der Waals surface area contributed by atoms with Crippen LogP contribution >= 0.6 is 0 Å². The second kappa shape index (κ2) is 13.6. The molecule has 0 radical (unpaired) electrons. The van der Waals surface area contributed by atoms with E-state index in [1.807, 2.05) is 0 Å². The van der Waals surface area contributed by atoms with Crippen molar-refractivity contribution in [2.45, 2.75) is 0 Å². The highest BCUT2D eigenvalue weighted by Gasteiger charge is 2.20. The van der Waals surface area contributed by atoms with Crippen LogP contribution in [0.25, 0.3) is 77.2 Å². The molecule has 2 heterocycles. The summed E-state index contributed by atoms with van der Waals surface area (Å²) in [6, 6.07) is 81.2. The van der Waals surface area contributed by atoms with E-state index in [9.17, 15) is 0 Å². The lowest BCUT2D eigenvalue weighted by Crippen LogP contribution is -2.11. The molecule has 0 bridgehead atoms. The zero-order valence-corrected chi connectivity index (χ0v) is 31.2. The zero-order valence-electron chi connectivity index (χ0n) is 31.2. The van der Waals surface area contributed by atoms with Crippen molar-refractivity contribution in [1.29, 1.82) is 0 Å². The monoisotopic (exact) mass is 727 g/mol. The molecule has 11 aromatic rings. The highest BCUT2D eigenvalue weighted by Crippen LogP contribution is 2.42. The van der Waals surface area contributed by atoms with Gasteiger partial charge in [0, 0.05) is 50.0 Å². The summed E-state index contributed by atoms with van der Waals surface area (Å²) in [5, 5.41) is 4.95. The van der Waals surface area contributed by atoms with Gasteiger partial charge in [-0.15, -0.1) is 0 Å². The first-order valence-electron chi connectivity index (χ1n) is 19.5. The molecular formula is C54H37N3. The molecule has 0 aliphatic rings. The average molecular weight is 728 g/mol. The minimum absolute atomic E-state index is 1.08. The molecule has 0 aliphatic carbocycles. The molecule has 268 valence electrons. The fourth-order valence-electron chi connectivity index (χ4n) is 8.69. The maximum Gasteiger partial charge on any atom is 0.0541 e. The van der Waals surface area contributed by atoms with E-state index in [1.54, 1.807) is 0 Å². The van der Waals surface area contributed by atoms with Gasteiger partial charge < -0.3 is 14.0 Å². The summed E-state index contributed by atoms with van der Waals surface area (Å²) in [6.07, 6.45) is 0. The Balaban J connectivity index is 1.17. The van der Waals surface area contributed by atoms with Crippen LogP contribution in [0.3, 0.4) is 0 Å². The predicted octanol–water partition coefficient (Wildman–Crippen LogP) is 14.7. The van der Waals surface area contributed by atoms with Crippen LogP contribution in [0.5, 0.6) is 0 Å². The Hall–Kier alpha value is -7.62. The SMILES string of the molecule is c1ccc(-c2ccc(N(c3ccccc3)c3cc(-c4ccc5c(c4)c4ccccc4n5-c4ccccc4)cc(-n4c5ccccc5c5ccccc54)c3)cc2)cc1. The first kappa shape index (κ1) is 32.8. The van der Waals surface area contributed by atoms with Gasteiger partial charge in [0.2, 0.25) is 0 Å². The largest absolute Gasteiger partial charge is 0.310 e. The van der Waals surface area contributed by atoms with E-state index < -0.39 is 0 Å². The van der Waals surface area contributed by atoms with Crippen LogP contribution in [0.4, 0.5) is 17.1 Å². The number of hydrogen-bond acceptors (Lipinski definition) is 1. The van der Waals surface area contributed by atoms with Gasteiger partial charge in [0.25, 0.3) is 0 Å². The maximum atomic E-state index is 2.43. The van der Waals surface area contributed by atoms with Gasteiger partial charge in [0.15, 0.2) is 0 Å². The van der Waals surface area contributed by atoms with E-state index in [4.69, 9.17) is 0 Å². The number of benzene rings is 9. The molecule has 0 amide bonds. The molecule has 3 heteroatoms. The fraction of sp³-hybridized carbons (Fsp3) is 0. The quantitative estimate of drug-likeness (QED) is 0.159. The molecule has 0 spiro atoms. The van der Waals surface area contributed by atoms with Gasteiger partial charge in [0.05, 0.1) is 22.1 Å². The van der Waals surface area contributed by atoms with Gasteiger partial charge >= 0.3 is 0 Å². The average Bonchev–Trinajstić information content (AvgIpc) is 3.80. The predicted molar refractivity (Wildman–Crippen MR) is 241 cm³/mol. The topological polar surface area (TPSA) is 13.1 Å². The first-order valence-corrected chi connectivity index (χ1v) is 19.5. The number of fused-ring (bicyclic) bond motifs is 6. The molecule has 0 saturated heterocycles. The number of aromatic nitrogens is 2. The van der Waals surface area contributed by atoms with Gasteiger partial charge in [-0.1, -0.05) is 140 Å². The van der Waals surface area contributed by atoms with Gasteiger partial charge in [0.1, 0.15) is 0 Å². The number of anilines is 3. The minimum atomic E-state index is 1.08. The van der Waals surface area contributed by atoms with Gasteiger partial charge in [-0.05, 0) is 107 Å². The summed E-state index contributed by atoms with van der Waals surface area (Å²) < 4.78 is 4.81. The van der Waals surface area contributed by atoms with Crippen LogP contribution < -0.4 is 4.90 Å². The van der Waals surface area contributed by atoms with Crippen LogP contribution in [-0.2, 0) is 0 Å². The normalized spacial score (nSPS) is 11.5. The highest BCUT2D eigenvalue weighted by molar-refractivity contribution is 6.11. The van der Waals surface area contributed by atoms with E-state index in [0.29, 0.717) is 0 Å². The molecule has 57 heavy (non-hydrogen) atoms. The van der Waals surface area contributed by atoms with Crippen LogP contribution in [-0.4, -0.2) is 9.13 Å². The maximum absolute atomic E-state index is 2.43. The third kappa shape index (κ3) is 5.60. The molecule has 0 N–H and O–H groups in total. The summed E-state index contributed by atoms with van der Waals surface area (Å²) in [5.41, 5.74) is 15.0. The Morgan fingerprint density at radius 2 is 0.702 bits per heavy atom. The van der Waals surface area contributed by atoms with Crippen LogP contribution in [0.15, 0.2) is 224 Å². The lowest BCUT2D eigenvalue weighted by Gasteiger charge is -2.27. The molecular weight excluding hydrogens is 691 g/mol. The zero-order chi connectivity index (χ0) is 37.7. The lowest BCUT2D eigenvalue weighted by atomic mass is 10.00. The smallest absolute Gasteiger partial charge is 0.0541 e. The fourth-order valence-corrected chi connectivity index (χ4v) is 8.69. The lowest BCUT2D eigenvalue weighted by molar-refractivity contribution is 1.17. The summed E-state index contributed by atoms with van der Waals surface area (Å²) in [4.78, 5) is 2.38. The van der Waals surface area contributed by atoms with Crippen molar-refractivity contribution in [3.05, 3.63) is 224 Å². The summed E-state index contributed by atoms with van der Waals surface area (Å²) in [6.45, 7) is 0. The first-order chi connectivity index (χ1) is 28.3. The highest BCUT2D eigenvalue weighted by atomic mass is 15.1. The van der Waals surface area contributed by atoms with Crippen LogP contribution in [0.1, 0.15) is 0 Å². The van der Waals surface area contributed by atoms with E-state index >= 15 is 0 Å². The van der Waals surface area contributed by atoms with Crippen molar-refractivity contribution in [2.75, 3.05) is 4.90 Å². The molecule has 0 aliphatic heterocycles. The molecule has 3 nitrogen and oxygen atoms in total.